The number of sulfonamides is 1. The number of benzene rings is 1. The monoisotopic (exact) mass is 364 g/mol. The average molecular weight is 364 g/mol. The Hall–Kier alpha value is -1.77. The van der Waals surface area contributed by atoms with Gasteiger partial charge in [-0.25, -0.2) is 8.42 Å². The maximum atomic E-state index is 12.9. The van der Waals surface area contributed by atoms with Crippen molar-refractivity contribution in [3.8, 4) is 0 Å². The largest absolute Gasteiger partial charge is 0.424 e. The minimum absolute atomic E-state index is 0.0211. The van der Waals surface area contributed by atoms with E-state index < -0.39 is 10.0 Å². The van der Waals surface area contributed by atoms with Crippen LogP contribution in [-0.4, -0.2) is 54.0 Å². The van der Waals surface area contributed by atoms with Crippen LogP contribution in [0.2, 0.25) is 0 Å². The quantitative estimate of drug-likeness (QED) is 0.826. The van der Waals surface area contributed by atoms with Crippen molar-refractivity contribution in [3.63, 3.8) is 0 Å². The Morgan fingerprint density at radius 3 is 2.32 bits per heavy atom. The first kappa shape index (κ1) is 18.0. The van der Waals surface area contributed by atoms with Crippen LogP contribution in [0.15, 0.2) is 27.5 Å². The molecule has 2 aromatic rings. The van der Waals surface area contributed by atoms with Gasteiger partial charge >= 0.3 is 0 Å². The highest BCUT2D eigenvalue weighted by Gasteiger charge is 2.32. The first-order valence-electron chi connectivity index (χ1n) is 8.40. The minimum atomic E-state index is -3.46. The molecule has 7 nitrogen and oxygen atoms in total. The molecule has 0 radical (unpaired) electrons. The van der Waals surface area contributed by atoms with Gasteiger partial charge in [-0.3, -0.25) is 4.90 Å². The summed E-state index contributed by atoms with van der Waals surface area (Å²) in [4.78, 5) is 2.56. The molecule has 0 N–H and O–H groups in total. The number of rotatable bonds is 4. The van der Waals surface area contributed by atoms with Crippen LogP contribution in [0.4, 0.5) is 0 Å². The van der Waals surface area contributed by atoms with E-state index in [9.17, 15) is 8.42 Å². The summed E-state index contributed by atoms with van der Waals surface area (Å²) in [5.41, 5.74) is 1.85. The molecular formula is C17H24N4O3S. The molecule has 25 heavy (non-hydrogen) atoms. The van der Waals surface area contributed by atoms with E-state index in [1.54, 1.807) is 17.3 Å². The Balaban J connectivity index is 1.71. The van der Waals surface area contributed by atoms with E-state index in [0.717, 1.165) is 11.1 Å². The number of nitrogens with zero attached hydrogens (tertiary/aromatic N) is 4. The molecule has 1 fully saturated rings. The van der Waals surface area contributed by atoms with E-state index in [4.69, 9.17) is 4.42 Å². The van der Waals surface area contributed by atoms with E-state index in [0.29, 0.717) is 42.9 Å². The molecule has 1 unspecified atom stereocenters. The molecule has 8 heteroatoms. The van der Waals surface area contributed by atoms with Gasteiger partial charge < -0.3 is 4.42 Å². The summed E-state index contributed by atoms with van der Waals surface area (Å²) < 4.78 is 32.9. The van der Waals surface area contributed by atoms with Crippen molar-refractivity contribution in [1.82, 2.24) is 19.4 Å². The Bertz CT molecular complexity index is 855. The predicted molar refractivity (Wildman–Crippen MR) is 93.7 cm³/mol. The van der Waals surface area contributed by atoms with Crippen LogP contribution < -0.4 is 0 Å². The van der Waals surface area contributed by atoms with Gasteiger partial charge in [-0.2, -0.15) is 4.31 Å². The highest BCUT2D eigenvalue weighted by molar-refractivity contribution is 7.89. The third kappa shape index (κ3) is 3.61. The van der Waals surface area contributed by atoms with Gasteiger partial charge in [0.25, 0.3) is 0 Å². The molecule has 0 spiro atoms. The fourth-order valence-corrected chi connectivity index (χ4v) is 4.82. The van der Waals surface area contributed by atoms with Gasteiger partial charge in [-0.15, -0.1) is 10.2 Å². The van der Waals surface area contributed by atoms with Crippen molar-refractivity contribution in [2.24, 2.45) is 0 Å². The average Bonchev–Trinajstić information content (AvgIpc) is 3.00. The zero-order valence-corrected chi connectivity index (χ0v) is 15.9. The topological polar surface area (TPSA) is 79.5 Å². The fourth-order valence-electron chi connectivity index (χ4n) is 3.20. The molecule has 0 amide bonds. The number of aromatic nitrogens is 2. The van der Waals surface area contributed by atoms with Gasteiger partial charge in [0.05, 0.1) is 10.9 Å². The van der Waals surface area contributed by atoms with E-state index in [1.807, 2.05) is 32.9 Å². The molecular weight excluding hydrogens is 340 g/mol. The van der Waals surface area contributed by atoms with Crippen molar-refractivity contribution < 1.29 is 12.8 Å². The normalized spacial score (nSPS) is 18.4. The standard InChI is InChI=1S/C17H24N4O3S/c1-12-5-6-16(13(2)11-12)25(22,23)21-9-7-20(8-10-21)14(3)17-19-18-15(4)24-17/h5-6,11,14H,7-10H2,1-4H3. The summed E-state index contributed by atoms with van der Waals surface area (Å²) in [7, 11) is -3.46. The van der Waals surface area contributed by atoms with Crippen LogP contribution in [0, 0.1) is 20.8 Å². The molecule has 0 saturated carbocycles. The molecule has 1 aromatic heterocycles. The first-order valence-corrected chi connectivity index (χ1v) is 9.84. The maximum absolute atomic E-state index is 12.9. The van der Waals surface area contributed by atoms with Gasteiger partial charge in [-0.05, 0) is 32.4 Å². The van der Waals surface area contributed by atoms with Crippen molar-refractivity contribution in [3.05, 3.63) is 41.1 Å². The van der Waals surface area contributed by atoms with Gasteiger partial charge in [0, 0.05) is 33.1 Å². The van der Waals surface area contributed by atoms with Crippen molar-refractivity contribution in [1.29, 1.82) is 0 Å². The zero-order valence-electron chi connectivity index (χ0n) is 15.1. The van der Waals surface area contributed by atoms with Crippen molar-refractivity contribution in [2.45, 2.75) is 38.6 Å². The van der Waals surface area contributed by atoms with E-state index >= 15 is 0 Å². The summed E-state index contributed by atoms with van der Waals surface area (Å²) >= 11 is 0. The van der Waals surface area contributed by atoms with Crippen molar-refractivity contribution in [2.75, 3.05) is 26.2 Å². The van der Waals surface area contributed by atoms with E-state index in [1.165, 1.54) is 0 Å². The lowest BCUT2D eigenvalue weighted by atomic mass is 10.2. The molecule has 1 aromatic carbocycles. The molecule has 1 atom stereocenters. The number of hydrogen-bond acceptors (Lipinski definition) is 6. The highest BCUT2D eigenvalue weighted by atomic mass is 32.2. The Kier molecular flexibility index (Phi) is 4.95. The highest BCUT2D eigenvalue weighted by Crippen LogP contribution is 2.25. The van der Waals surface area contributed by atoms with Crippen LogP contribution in [-0.2, 0) is 10.0 Å². The summed E-state index contributed by atoms with van der Waals surface area (Å²) in [6.45, 7) is 9.73. The van der Waals surface area contributed by atoms with Crippen LogP contribution in [0.5, 0.6) is 0 Å². The fraction of sp³-hybridized carbons (Fsp3) is 0.529. The lowest BCUT2D eigenvalue weighted by Crippen LogP contribution is -2.49. The Morgan fingerprint density at radius 1 is 1.08 bits per heavy atom. The molecule has 0 bridgehead atoms. The Morgan fingerprint density at radius 2 is 1.76 bits per heavy atom. The molecule has 1 aliphatic heterocycles. The third-order valence-corrected chi connectivity index (χ3v) is 6.73. The van der Waals surface area contributed by atoms with E-state index in [-0.39, 0.29) is 6.04 Å². The first-order chi connectivity index (χ1) is 11.8. The van der Waals surface area contributed by atoms with Gasteiger partial charge in [0.2, 0.25) is 21.8 Å². The molecule has 136 valence electrons. The van der Waals surface area contributed by atoms with Crippen LogP contribution >= 0.6 is 0 Å². The van der Waals surface area contributed by atoms with Crippen molar-refractivity contribution >= 4 is 10.0 Å². The summed E-state index contributed by atoms with van der Waals surface area (Å²) in [5, 5.41) is 7.93. The second kappa shape index (κ2) is 6.86. The smallest absolute Gasteiger partial charge is 0.243 e. The molecule has 3 rings (SSSR count). The van der Waals surface area contributed by atoms with Gasteiger partial charge in [0.1, 0.15) is 0 Å². The van der Waals surface area contributed by atoms with E-state index in [2.05, 4.69) is 15.1 Å². The minimum Gasteiger partial charge on any atom is -0.424 e. The van der Waals surface area contributed by atoms with Gasteiger partial charge in [0.15, 0.2) is 0 Å². The number of aryl methyl sites for hydroxylation is 3. The number of piperazine rings is 1. The lowest BCUT2D eigenvalue weighted by Gasteiger charge is -2.36. The van der Waals surface area contributed by atoms with Crippen LogP contribution in [0.3, 0.4) is 0 Å². The predicted octanol–water partition coefficient (Wildman–Crippen LogP) is 2.06. The maximum Gasteiger partial charge on any atom is 0.243 e. The summed E-state index contributed by atoms with van der Waals surface area (Å²) in [5.74, 6) is 1.11. The van der Waals surface area contributed by atoms with Gasteiger partial charge in [-0.1, -0.05) is 17.7 Å². The third-order valence-electron chi connectivity index (χ3n) is 4.67. The molecule has 1 aliphatic rings. The molecule has 1 saturated heterocycles. The van der Waals surface area contributed by atoms with Crippen LogP contribution in [0.25, 0.3) is 0 Å². The molecule has 2 heterocycles. The second-order valence-corrected chi connectivity index (χ2v) is 8.45. The number of hydrogen-bond donors (Lipinski definition) is 0. The summed E-state index contributed by atoms with van der Waals surface area (Å²) in [6, 6.07) is 5.43. The van der Waals surface area contributed by atoms with Crippen LogP contribution in [0.1, 0.15) is 35.9 Å². The molecule has 0 aliphatic carbocycles. The second-order valence-electron chi connectivity index (χ2n) is 6.54. The Labute approximate surface area is 148 Å². The SMILES string of the molecule is Cc1ccc(S(=O)(=O)N2CCN(C(C)c3nnc(C)o3)CC2)c(C)c1. The summed E-state index contributed by atoms with van der Waals surface area (Å²) in [6.07, 6.45) is 0. The lowest BCUT2D eigenvalue weighted by molar-refractivity contribution is 0.128. The zero-order chi connectivity index (χ0) is 18.2.